The van der Waals surface area contributed by atoms with Gasteiger partial charge in [-0.15, -0.1) is 0 Å². The van der Waals surface area contributed by atoms with E-state index in [1.54, 1.807) is 13.3 Å². The molecule has 1 aromatic carbocycles. The highest BCUT2D eigenvalue weighted by Crippen LogP contribution is 2.45. The molecule has 2 bridgehead atoms. The van der Waals surface area contributed by atoms with Crippen LogP contribution in [0.1, 0.15) is 6.42 Å². The van der Waals surface area contributed by atoms with E-state index in [9.17, 15) is 4.79 Å². The lowest BCUT2D eigenvalue weighted by molar-refractivity contribution is -0.122. The number of aromatic nitrogens is 3. The molecule has 30 heavy (non-hydrogen) atoms. The van der Waals surface area contributed by atoms with Crippen molar-refractivity contribution in [1.29, 1.82) is 0 Å². The second-order valence-corrected chi connectivity index (χ2v) is 7.85. The summed E-state index contributed by atoms with van der Waals surface area (Å²) in [5.74, 6) is 1.43. The molecule has 8 heteroatoms. The average Bonchev–Trinajstić information content (AvgIpc) is 3.47. The molecule has 2 aliphatic rings. The Labute approximate surface area is 173 Å². The van der Waals surface area contributed by atoms with Gasteiger partial charge in [0, 0.05) is 31.0 Å². The number of primary amides is 1. The lowest BCUT2D eigenvalue weighted by Crippen LogP contribution is -2.41. The third kappa shape index (κ3) is 2.87. The van der Waals surface area contributed by atoms with Gasteiger partial charge in [0.1, 0.15) is 17.1 Å². The first-order valence-corrected chi connectivity index (χ1v) is 10.0. The van der Waals surface area contributed by atoms with Gasteiger partial charge in [0.05, 0.1) is 24.3 Å². The van der Waals surface area contributed by atoms with Crippen LogP contribution < -0.4 is 21.1 Å². The number of ether oxygens (including phenoxy) is 1. The summed E-state index contributed by atoms with van der Waals surface area (Å²) in [5.41, 5.74) is 9.77. The van der Waals surface area contributed by atoms with Crippen LogP contribution in [-0.4, -0.2) is 41.1 Å². The van der Waals surface area contributed by atoms with Crippen LogP contribution in [0.5, 0.6) is 5.75 Å². The number of carbonyl (C=O) groups is 1. The van der Waals surface area contributed by atoms with Crippen LogP contribution in [-0.2, 0) is 4.79 Å². The van der Waals surface area contributed by atoms with E-state index < -0.39 is 0 Å². The predicted molar refractivity (Wildman–Crippen MR) is 116 cm³/mol. The smallest absolute Gasteiger partial charge is 0.223 e. The number of methoxy groups -OCH3 is 1. The van der Waals surface area contributed by atoms with E-state index in [0.29, 0.717) is 23.1 Å². The van der Waals surface area contributed by atoms with Gasteiger partial charge in [-0.1, -0.05) is 12.2 Å². The van der Waals surface area contributed by atoms with Crippen LogP contribution in [0.15, 0.2) is 42.6 Å². The highest BCUT2D eigenvalue weighted by Gasteiger charge is 2.47. The quantitative estimate of drug-likeness (QED) is 0.469. The van der Waals surface area contributed by atoms with Gasteiger partial charge in [0.2, 0.25) is 5.91 Å². The molecule has 2 heterocycles. The number of nitrogens with zero attached hydrogens (tertiary/aromatic N) is 2. The fraction of sp³-hybridized carbons (Fsp3) is 0.318. The summed E-state index contributed by atoms with van der Waals surface area (Å²) in [6.07, 6.45) is 6.99. The van der Waals surface area contributed by atoms with Gasteiger partial charge in [-0.2, -0.15) is 0 Å². The summed E-state index contributed by atoms with van der Waals surface area (Å²) >= 11 is 0. The molecule has 4 atom stereocenters. The molecule has 1 saturated carbocycles. The maximum Gasteiger partial charge on any atom is 0.223 e. The number of rotatable bonds is 6. The minimum absolute atomic E-state index is 0.0284. The van der Waals surface area contributed by atoms with E-state index in [4.69, 9.17) is 10.5 Å². The van der Waals surface area contributed by atoms with E-state index >= 15 is 0 Å². The molecular weight excluding hydrogens is 380 g/mol. The van der Waals surface area contributed by atoms with Crippen molar-refractivity contribution in [2.75, 3.05) is 24.8 Å². The SMILES string of the molecule is CNc1ccc(-c2nc3nccc(N[C@H]4[C@@H](C(N)=O)[C@@H]5C=C[C@H]4C5)c3[nH]2)c(OC)c1. The number of hydrogen-bond donors (Lipinski definition) is 4. The lowest BCUT2D eigenvalue weighted by atomic mass is 9.88. The number of hydrogen-bond acceptors (Lipinski definition) is 6. The van der Waals surface area contributed by atoms with Gasteiger partial charge >= 0.3 is 0 Å². The van der Waals surface area contributed by atoms with Gasteiger partial charge in [-0.25, -0.2) is 9.97 Å². The minimum atomic E-state index is -0.255. The van der Waals surface area contributed by atoms with Crippen molar-refractivity contribution >= 4 is 28.4 Å². The van der Waals surface area contributed by atoms with Crippen LogP contribution >= 0.6 is 0 Å². The number of nitrogens with two attached hydrogens (primary N) is 1. The van der Waals surface area contributed by atoms with Gasteiger partial charge in [-0.3, -0.25) is 4.79 Å². The molecule has 0 saturated heterocycles. The number of amides is 1. The second kappa shape index (κ2) is 7.05. The molecule has 0 spiro atoms. The summed E-state index contributed by atoms with van der Waals surface area (Å²) in [6.45, 7) is 0. The first kappa shape index (κ1) is 18.5. The first-order valence-electron chi connectivity index (χ1n) is 10.0. The molecule has 8 nitrogen and oxygen atoms in total. The Hall–Kier alpha value is -3.55. The fourth-order valence-corrected chi connectivity index (χ4v) is 4.79. The molecule has 3 aromatic rings. The molecule has 154 valence electrons. The maximum absolute atomic E-state index is 12.1. The highest BCUT2D eigenvalue weighted by atomic mass is 16.5. The monoisotopic (exact) mass is 404 g/mol. The van der Waals surface area contributed by atoms with Crippen molar-refractivity contribution in [3.05, 3.63) is 42.6 Å². The van der Waals surface area contributed by atoms with Gasteiger partial charge in [-0.05, 0) is 36.5 Å². The number of pyridine rings is 1. The number of H-pyrrole nitrogens is 1. The summed E-state index contributed by atoms with van der Waals surface area (Å²) < 4.78 is 5.55. The Bertz CT molecular complexity index is 1150. The number of carbonyl (C=O) groups excluding carboxylic acids is 1. The van der Waals surface area contributed by atoms with E-state index in [1.807, 2.05) is 31.3 Å². The fourth-order valence-electron chi connectivity index (χ4n) is 4.79. The molecule has 0 unspecified atom stereocenters. The van der Waals surface area contributed by atoms with Crippen molar-refractivity contribution in [3.8, 4) is 17.1 Å². The molecule has 1 fully saturated rings. The van der Waals surface area contributed by atoms with E-state index in [2.05, 4.69) is 37.7 Å². The summed E-state index contributed by atoms with van der Waals surface area (Å²) in [6, 6.07) is 7.73. The Kier molecular flexibility index (Phi) is 4.34. The van der Waals surface area contributed by atoms with Gasteiger partial charge in [0.15, 0.2) is 5.65 Å². The third-order valence-corrected chi connectivity index (χ3v) is 6.25. The Morgan fingerprint density at radius 1 is 1.27 bits per heavy atom. The standard InChI is InChI=1S/C22H24N6O2/c1-24-13-5-6-14(16(10-13)30-2)21-27-19-15(7-8-25-22(19)28-21)26-18-12-4-3-11(9-12)17(18)20(23)29/h3-8,10-12,17-18,24H,9H2,1-2H3,(H2,23,29)(H2,25,26,27,28)/t11-,12+,17+,18-/m1/s1. The maximum atomic E-state index is 12.1. The Balaban J connectivity index is 1.52. The molecular formula is C22H24N6O2. The van der Waals surface area contributed by atoms with Crippen molar-refractivity contribution in [3.63, 3.8) is 0 Å². The molecule has 1 amide bonds. The number of anilines is 2. The number of aromatic amines is 1. The first-order chi connectivity index (χ1) is 14.6. The zero-order valence-electron chi connectivity index (χ0n) is 16.8. The third-order valence-electron chi connectivity index (χ3n) is 6.25. The zero-order chi connectivity index (χ0) is 20.8. The Morgan fingerprint density at radius 2 is 2.10 bits per heavy atom. The molecule has 5 rings (SSSR count). The lowest BCUT2D eigenvalue weighted by Gasteiger charge is -2.27. The van der Waals surface area contributed by atoms with Crippen LogP contribution in [0.25, 0.3) is 22.6 Å². The number of allylic oxidation sites excluding steroid dienone is 1. The number of fused-ring (bicyclic) bond motifs is 3. The van der Waals surface area contributed by atoms with Crippen molar-refractivity contribution in [1.82, 2.24) is 15.0 Å². The largest absolute Gasteiger partial charge is 0.496 e. The van der Waals surface area contributed by atoms with Gasteiger partial charge < -0.3 is 26.1 Å². The normalized spacial score (nSPS) is 24.3. The molecule has 2 aliphatic carbocycles. The van der Waals surface area contributed by atoms with Crippen molar-refractivity contribution < 1.29 is 9.53 Å². The summed E-state index contributed by atoms with van der Waals surface area (Å²) in [7, 11) is 3.50. The van der Waals surface area contributed by atoms with Gasteiger partial charge in [0.25, 0.3) is 0 Å². The number of benzene rings is 1. The number of imidazole rings is 1. The molecule has 2 aromatic heterocycles. The highest BCUT2D eigenvalue weighted by molar-refractivity contribution is 5.89. The van der Waals surface area contributed by atoms with Crippen LogP contribution in [0.3, 0.4) is 0 Å². The Morgan fingerprint density at radius 3 is 2.87 bits per heavy atom. The molecule has 0 radical (unpaired) electrons. The van der Waals surface area contributed by atoms with Crippen molar-refractivity contribution in [2.24, 2.45) is 23.5 Å². The van der Waals surface area contributed by atoms with E-state index in [-0.39, 0.29) is 23.8 Å². The summed E-state index contributed by atoms with van der Waals surface area (Å²) in [4.78, 5) is 24.5. The second-order valence-electron chi connectivity index (χ2n) is 7.85. The minimum Gasteiger partial charge on any atom is -0.496 e. The molecule has 5 N–H and O–H groups in total. The zero-order valence-corrected chi connectivity index (χ0v) is 16.8. The summed E-state index contributed by atoms with van der Waals surface area (Å²) in [5, 5.41) is 6.66. The van der Waals surface area contributed by atoms with Crippen LogP contribution in [0.2, 0.25) is 0 Å². The number of nitrogens with one attached hydrogen (secondary N) is 3. The van der Waals surface area contributed by atoms with E-state index in [1.165, 1.54) is 0 Å². The molecule has 0 aliphatic heterocycles. The van der Waals surface area contributed by atoms with E-state index in [0.717, 1.165) is 28.9 Å². The topological polar surface area (TPSA) is 118 Å². The predicted octanol–water partition coefficient (Wildman–Crippen LogP) is 2.76. The van der Waals surface area contributed by atoms with Crippen molar-refractivity contribution in [2.45, 2.75) is 12.5 Å². The van der Waals surface area contributed by atoms with Crippen LogP contribution in [0, 0.1) is 17.8 Å². The van der Waals surface area contributed by atoms with Crippen LogP contribution in [0.4, 0.5) is 11.4 Å². The average molecular weight is 404 g/mol.